The van der Waals surface area contributed by atoms with Crippen molar-refractivity contribution in [3.8, 4) is 11.3 Å². The Hall–Kier alpha value is -5.13. The number of rotatable bonds is 14. The number of benzene rings is 2. The number of carboxylic acid groups (broad SMARTS) is 1. The van der Waals surface area contributed by atoms with E-state index in [1.54, 1.807) is 17.1 Å². The predicted octanol–water partition coefficient (Wildman–Crippen LogP) is 9.47. The molecule has 1 aliphatic rings. The molecule has 48 heavy (non-hydrogen) atoms. The van der Waals surface area contributed by atoms with Crippen LogP contribution in [0.5, 0.6) is 0 Å². The van der Waals surface area contributed by atoms with E-state index >= 15 is 0 Å². The summed E-state index contributed by atoms with van der Waals surface area (Å²) in [5.74, 6) is -3.71. The average molecular weight is 662 g/mol. The molecule has 1 atom stereocenters. The van der Waals surface area contributed by atoms with Gasteiger partial charge >= 0.3 is 11.9 Å². The Bertz CT molecular complexity index is 1820. The normalized spacial score (nSPS) is 13.9. The molecule has 5 aromatic rings. The van der Waals surface area contributed by atoms with Crippen molar-refractivity contribution in [3.05, 3.63) is 107 Å². The first-order valence-corrected chi connectivity index (χ1v) is 16.0. The minimum absolute atomic E-state index is 0.127. The molecule has 1 aliphatic carbocycles. The van der Waals surface area contributed by atoms with Crippen LogP contribution in [0, 0.1) is 5.82 Å². The van der Waals surface area contributed by atoms with E-state index in [9.17, 15) is 18.0 Å². The van der Waals surface area contributed by atoms with Crippen molar-refractivity contribution in [3.63, 3.8) is 0 Å². The van der Waals surface area contributed by atoms with Crippen LogP contribution in [0.4, 0.5) is 19.0 Å². The van der Waals surface area contributed by atoms with Crippen LogP contribution in [0.1, 0.15) is 98.0 Å². The molecule has 0 amide bonds. The number of nitrogens with one attached hydrogen (secondary N) is 1. The predicted molar refractivity (Wildman–Crippen MR) is 176 cm³/mol. The van der Waals surface area contributed by atoms with Crippen LogP contribution in [0.15, 0.2) is 82.1 Å². The van der Waals surface area contributed by atoms with E-state index in [2.05, 4.69) is 27.4 Å². The number of unbranched alkanes of at least 4 members (excludes halogenated alkanes) is 6. The second-order valence-electron chi connectivity index (χ2n) is 11.6. The zero-order valence-electron chi connectivity index (χ0n) is 26.8. The number of fused-ring (bicyclic) bond motifs is 1. The lowest BCUT2D eigenvalue weighted by molar-refractivity contribution is -0.00560. The summed E-state index contributed by atoms with van der Waals surface area (Å²) < 4.78 is 50.6. The molecule has 1 unspecified atom stereocenters. The van der Waals surface area contributed by atoms with Gasteiger partial charge in [0.2, 0.25) is 0 Å². The lowest BCUT2D eigenvalue weighted by Crippen LogP contribution is -2.14. The van der Waals surface area contributed by atoms with E-state index in [0.717, 1.165) is 43.0 Å². The fourth-order valence-corrected chi connectivity index (χ4v) is 5.47. The molecule has 0 fully saturated rings. The molecule has 2 N–H and O–H groups in total. The Balaban J connectivity index is 0.000000250. The lowest BCUT2D eigenvalue weighted by atomic mass is 10.0. The molecule has 3 heterocycles. The maximum absolute atomic E-state index is 13.7. The summed E-state index contributed by atoms with van der Waals surface area (Å²) in [5.41, 5.74) is 3.09. The van der Waals surface area contributed by atoms with Gasteiger partial charge in [-0.3, -0.25) is 0 Å². The van der Waals surface area contributed by atoms with Crippen LogP contribution in [-0.2, 0) is 5.92 Å². The minimum atomic E-state index is -3.03. The first-order chi connectivity index (χ1) is 23.2. The Morgan fingerprint density at radius 3 is 2.44 bits per heavy atom. The van der Waals surface area contributed by atoms with Crippen molar-refractivity contribution in [2.45, 2.75) is 70.8 Å². The molecule has 12 heteroatoms. The van der Waals surface area contributed by atoms with E-state index in [1.165, 1.54) is 68.9 Å². The number of oxazole rings is 1. The number of anilines is 1. The van der Waals surface area contributed by atoms with Gasteiger partial charge in [-0.15, -0.1) is 5.10 Å². The first kappa shape index (κ1) is 34.2. The van der Waals surface area contributed by atoms with Crippen LogP contribution >= 0.6 is 0 Å². The van der Waals surface area contributed by atoms with Gasteiger partial charge in [0.05, 0.1) is 6.20 Å². The number of alkyl halides is 2. The van der Waals surface area contributed by atoms with E-state index in [4.69, 9.17) is 13.9 Å². The number of carbonyl (C=O) groups is 1. The van der Waals surface area contributed by atoms with Gasteiger partial charge in [-0.05, 0) is 60.0 Å². The fourth-order valence-electron chi connectivity index (χ4n) is 5.47. The van der Waals surface area contributed by atoms with E-state index < -0.39 is 17.7 Å². The number of hydrogen-bond donors (Lipinski definition) is 2. The van der Waals surface area contributed by atoms with Crippen LogP contribution in [-0.4, -0.2) is 37.6 Å². The monoisotopic (exact) mass is 661 g/mol. The fraction of sp³-hybridized carbons (Fsp3) is 0.333. The van der Waals surface area contributed by atoms with Gasteiger partial charge in [-0.1, -0.05) is 69.7 Å². The second kappa shape index (κ2) is 15.6. The maximum Gasteiger partial charge on any atom is 0.358 e. The quantitative estimate of drug-likeness (QED) is 0.113. The number of halogens is 3. The molecular weight excluding hydrogens is 623 g/mol. The summed E-state index contributed by atoms with van der Waals surface area (Å²) >= 11 is 0. The molecule has 0 saturated heterocycles. The SMILES string of the molecule is CCCCCCCCCNc1cnn(C2C(c3ccc(C(C)(F)F)o3)=Cc3ccccc32)n1.O=C(O)c1ncoc1-c1ccc(F)cc1. The number of nitrogens with zero attached hydrogens (tertiary/aromatic N) is 4. The average Bonchev–Trinajstić information content (AvgIpc) is 3.88. The van der Waals surface area contributed by atoms with Gasteiger partial charge in [0, 0.05) is 24.6 Å². The number of aromatic carboxylic acids is 1. The molecule has 252 valence electrons. The van der Waals surface area contributed by atoms with Gasteiger partial charge < -0.3 is 19.3 Å². The molecule has 9 nitrogen and oxygen atoms in total. The van der Waals surface area contributed by atoms with Crippen LogP contribution in [0.2, 0.25) is 0 Å². The highest BCUT2D eigenvalue weighted by Gasteiger charge is 2.34. The molecule has 0 radical (unpaired) electrons. The lowest BCUT2D eigenvalue weighted by Gasteiger charge is -2.15. The van der Waals surface area contributed by atoms with Crippen molar-refractivity contribution in [2.24, 2.45) is 0 Å². The van der Waals surface area contributed by atoms with Crippen LogP contribution < -0.4 is 5.32 Å². The molecule has 6 rings (SSSR count). The van der Waals surface area contributed by atoms with Crippen molar-refractivity contribution in [1.82, 2.24) is 20.0 Å². The molecule has 0 bridgehead atoms. The summed E-state index contributed by atoms with van der Waals surface area (Å²) in [5, 5.41) is 21.3. The maximum atomic E-state index is 13.7. The second-order valence-corrected chi connectivity index (χ2v) is 11.6. The largest absolute Gasteiger partial charge is 0.476 e. The summed E-state index contributed by atoms with van der Waals surface area (Å²) in [6.07, 6.45) is 13.5. The highest BCUT2D eigenvalue weighted by molar-refractivity contribution is 5.92. The number of aromatic nitrogens is 4. The van der Waals surface area contributed by atoms with Gasteiger partial charge in [0.15, 0.2) is 29.4 Å². The molecular formula is C36H38F3N5O4. The third kappa shape index (κ3) is 8.41. The minimum Gasteiger partial charge on any atom is -0.476 e. The number of allylic oxidation sites excluding steroid dienone is 1. The zero-order chi connectivity index (χ0) is 34.1. The Morgan fingerprint density at radius 1 is 1.00 bits per heavy atom. The topological polar surface area (TPSA) is 119 Å². The highest BCUT2D eigenvalue weighted by Crippen LogP contribution is 2.43. The standard InChI is InChI=1S/C26H32F2N4O.C10H6FNO3/c1-3-4-5-6-7-8-11-16-29-24-18-30-32(31-24)25-20-13-10-9-12-19(20)17-21(25)22-14-15-23(33-22)26(2,27)28;11-7-3-1-6(2-4-7)9-8(10(13)14)12-5-15-9/h9-10,12-15,17-18,25H,3-8,11,16H2,1-2H3,(H,29,31);1-5H,(H,13,14). The van der Waals surface area contributed by atoms with Crippen molar-refractivity contribution >= 4 is 23.4 Å². The number of carboxylic acids is 1. The highest BCUT2D eigenvalue weighted by atomic mass is 19.3. The van der Waals surface area contributed by atoms with Crippen molar-refractivity contribution < 1.29 is 31.9 Å². The number of hydrogen-bond acceptors (Lipinski definition) is 7. The molecule has 0 spiro atoms. The van der Waals surface area contributed by atoms with Crippen LogP contribution in [0.25, 0.3) is 23.0 Å². The summed E-state index contributed by atoms with van der Waals surface area (Å²) in [6.45, 7) is 3.92. The zero-order valence-corrected chi connectivity index (χ0v) is 26.8. The third-order valence-corrected chi connectivity index (χ3v) is 7.92. The first-order valence-electron chi connectivity index (χ1n) is 16.0. The summed E-state index contributed by atoms with van der Waals surface area (Å²) in [6, 6.07) is 15.8. The Kier molecular flexibility index (Phi) is 11.1. The van der Waals surface area contributed by atoms with Crippen LogP contribution in [0.3, 0.4) is 0 Å². The molecule has 0 aliphatic heterocycles. The van der Waals surface area contributed by atoms with Crippen molar-refractivity contribution in [1.29, 1.82) is 0 Å². The van der Waals surface area contributed by atoms with Gasteiger partial charge in [-0.2, -0.15) is 18.7 Å². The third-order valence-electron chi connectivity index (χ3n) is 7.92. The van der Waals surface area contributed by atoms with Gasteiger partial charge in [0.1, 0.15) is 17.6 Å². The van der Waals surface area contributed by atoms with Gasteiger partial charge in [-0.25, -0.2) is 14.2 Å². The molecule has 2 aromatic carbocycles. The Labute approximate surface area is 276 Å². The van der Waals surface area contributed by atoms with Gasteiger partial charge in [0.25, 0.3) is 0 Å². The smallest absolute Gasteiger partial charge is 0.358 e. The molecule has 0 saturated carbocycles. The number of furan rings is 1. The summed E-state index contributed by atoms with van der Waals surface area (Å²) in [4.78, 5) is 15.9. The van der Waals surface area contributed by atoms with E-state index in [-0.39, 0.29) is 23.3 Å². The van der Waals surface area contributed by atoms with E-state index in [1.807, 2.05) is 30.3 Å². The van der Waals surface area contributed by atoms with E-state index in [0.29, 0.717) is 17.1 Å². The molecule has 3 aromatic heterocycles. The summed E-state index contributed by atoms with van der Waals surface area (Å²) in [7, 11) is 0. The Morgan fingerprint density at radius 2 is 1.73 bits per heavy atom. The van der Waals surface area contributed by atoms with Crippen molar-refractivity contribution in [2.75, 3.05) is 11.9 Å².